The van der Waals surface area contributed by atoms with Gasteiger partial charge in [-0.05, 0) is 61.1 Å². The van der Waals surface area contributed by atoms with E-state index in [1.54, 1.807) is 0 Å². The second-order valence-corrected chi connectivity index (χ2v) is 6.23. The highest BCUT2D eigenvalue weighted by Gasteiger charge is 2.01. The van der Waals surface area contributed by atoms with E-state index in [4.69, 9.17) is 12.2 Å². The zero-order valence-corrected chi connectivity index (χ0v) is 14.2. The largest absolute Gasteiger partial charge is 0.332 e. The highest BCUT2D eigenvalue weighted by molar-refractivity contribution is 9.10. The van der Waals surface area contributed by atoms with Crippen molar-refractivity contribution in [2.24, 2.45) is 0 Å². The Balaban J connectivity index is 2.03. The van der Waals surface area contributed by atoms with E-state index in [1.807, 2.05) is 49.4 Å². The smallest absolute Gasteiger partial charge is 0.175 e. The number of halogens is 2. The van der Waals surface area contributed by atoms with Gasteiger partial charge in [0.05, 0.1) is 0 Å². The molecule has 2 aromatic carbocycles. The lowest BCUT2D eigenvalue weighted by molar-refractivity contribution is 1.43. The molecule has 2 aromatic rings. The van der Waals surface area contributed by atoms with Gasteiger partial charge in [0.2, 0.25) is 0 Å². The molecule has 0 aromatic heterocycles. The van der Waals surface area contributed by atoms with Gasteiger partial charge in [-0.2, -0.15) is 0 Å². The first-order chi connectivity index (χ1) is 9.04. The lowest BCUT2D eigenvalue weighted by Crippen LogP contribution is -2.19. The summed E-state index contributed by atoms with van der Waals surface area (Å²) in [5.41, 5.74) is 3.07. The first-order valence-electron chi connectivity index (χ1n) is 5.64. The van der Waals surface area contributed by atoms with Crippen molar-refractivity contribution in [1.29, 1.82) is 0 Å². The third-order valence-corrected chi connectivity index (χ3v) is 4.09. The number of hydrogen-bond donors (Lipinski definition) is 2. The summed E-state index contributed by atoms with van der Waals surface area (Å²) in [7, 11) is 0. The molecule has 2 N–H and O–H groups in total. The Morgan fingerprint density at radius 1 is 1.00 bits per heavy atom. The topological polar surface area (TPSA) is 24.1 Å². The van der Waals surface area contributed by atoms with Crippen molar-refractivity contribution in [2.45, 2.75) is 6.92 Å². The molecule has 0 fully saturated rings. The summed E-state index contributed by atoms with van der Waals surface area (Å²) in [5.74, 6) is 0. The van der Waals surface area contributed by atoms with Crippen LogP contribution in [0.1, 0.15) is 5.56 Å². The minimum absolute atomic E-state index is 0.569. The molecule has 0 aliphatic carbocycles. The van der Waals surface area contributed by atoms with Crippen LogP contribution in [0.3, 0.4) is 0 Å². The van der Waals surface area contributed by atoms with Gasteiger partial charge in [-0.3, -0.25) is 0 Å². The van der Waals surface area contributed by atoms with Crippen LogP contribution in [0.2, 0.25) is 0 Å². The Morgan fingerprint density at radius 3 is 2.32 bits per heavy atom. The number of thiocarbonyl (C=S) groups is 1. The van der Waals surface area contributed by atoms with E-state index >= 15 is 0 Å². The lowest BCUT2D eigenvalue weighted by atomic mass is 10.2. The average molecular weight is 400 g/mol. The molecular weight excluding hydrogens is 388 g/mol. The molecule has 0 amide bonds. The molecule has 0 aliphatic rings. The van der Waals surface area contributed by atoms with Gasteiger partial charge in [0.25, 0.3) is 0 Å². The maximum atomic E-state index is 5.29. The molecule has 0 saturated carbocycles. The van der Waals surface area contributed by atoms with Gasteiger partial charge in [0, 0.05) is 20.3 Å². The quantitative estimate of drug-likeness (QED) is 0.667. The van der Waals surface area contributed by atoms with Crippen LogP contribution in [0, 0.1) is 6.92 Å². The zero-order valence-electron chi connectivity index (χ0n) is 10.2. The fraction of sp³-hybridized carbons (Fsp3) is 0.0714. The van der Waals surface area contributed by atoms with Crippen molar-refractivity contribution in [3.63, 3.8) is 0 Å². The molecule has 0 unspecified atom stereocenters. The van der Waals surface area contributed by atoms with E-state index in [0.717, 1.165) is 25.9 Å². The van der Waals surface area contributed by atoms with Crippen LogP contribution in [-0.4, -0.2) is 5.11 Å². The summed E-state index contributed by atoms with van der Waals surface area (Å²) in [5, 5.41) is 6.88. The summed E-state index contributed by atoms with van der Waals surface area (Å²) in [4.78, 5) is 0. The number of benzene rings is 2. The molecule has 2 nitrogen and oxygen atoms in total. The van der Waals surface area contributed by atoms with Gasteiger partial charge in [-0.15, -0.1) is 0 Å². The number of hydrogen-bond acceptors (Lipinski definition) is 1. The SMILES string of the molecule is Cc1cc(NC(=S)Nc2cccc(Br)c2)ccc1Br. The predicted molar refractivity (Wildman–Crippen MR) is 92.9 cm³/mol. The Kier molecular flexibility index (Phi) is 4.96. The third-order valence-electron chi connectivity index (χ3n) is 2.50. The van der Waals surface area contributed by atoms with Crippen LogP contribution < -0.4 is 10.6 Å². The van der Waals surface area contributed by atoms with E-state index < -0.39 is 0 Å². The van der Waals surface area contributed by atoms with E-state index in [-0.39, 0.29) is 0 Å². The maximum absolute atomic E-state index is 5.29. The Morgan fingerprint density at radius 2 is 1.68 bits per heavy atom. The van der Waals surface area contributed by atoms with Crippen molar-refractivity contribution in [3.8, 4) is 0 Å². The molecule has 0 heterocycles. The minimum Gasteiger partial charge on any atom is -0.332 e. The zero-order chi connectivity index (χ0) is 13.8. The number of anilines is 2. The first kappa shape index (κ1) is 14.5. The fourth-order valence-corrected chi connectivity index (χ4v) is 2.46. The molecule has 0 bridgehead atoms. The Labute approximate surface area is 134 Å². The van der Waals surface area contributed by atoms with E-state index in [1.165, 1.54) is 0 Å². The second kappa shape index (κ2) is 6.50. The normalized spacial score (nSPS) is 10.1. The molecule has 98 valence electrons. The second-order valence-electron chi connectivity index (χ2n) is 4.05. The highest BCUT2D eigenvalue weighted by Crippen LogP contribution is 2.20. The average Bonchev–Trinajstić information content (AvgIpc) is 2.34. The summed E-state index contributed by atoms with van der Waals surface area (Å²) in [6.45, 7) is 2.04. The molecule has 2 rings (SSSR count). The molecule has 5 heteroatoms. The molecule has 0 spiro atoms. The number of rotatable bonds is 2. The summed E-state index contributed by atoms with van der Waals surface area (Å²) in [6.07, 6.45) is 0. The van der Waals surface area contributed by atoms with Crippen molar-refractivity contribution in [3.05, 3.63) is 57.0 Å². The Hall–Kier alpha value is -0.910. The molecule has 0 saturated heterocycles. The summed E-state index contributed by atoms with van der Waals surface area (Å²) < 4.78 is 2.10. The van der Waals surface area contributed by atoms with Crippen LogP contribution in [0.15, 0.2) is 51.4 Å². The predicted octanol–water partition coefficient (Wildman–Crippen LogP) is 5.33. The van der Waals surface area contributed by atoms with Crippen LogP contribution in [-0.2, 0) is 0 Å². The van der Waals surface area contributed by atoms with Gasteiger partial charge < -0.3 is 10.6 Å². The van der Waals surface area contributed by atoms with Gasteiger partial charge >= 0.3 is 0 Å². The molecule has 19 heavy (non-hydrogen) atoms. The van der Waals surface area contributed by atoms with Crippen LogP contribution in [0.4, 0.5) is 11.4 Å². The van der Waals surface area contributed by atoms with E-state index in [2.05, 4.69) is 42.5 Å². The summed E-state index contributed by atoms with van der Waals surface area (Å²) in [6, 6.07) is 13.9. The van der Waals surface area contributed by atoms with Gasteiger partial charge in [0.1, 0.15) is 0 Å². The van der Waals surface area contributed by atoms with Crippen molar-refractivity contribution < 1.29 is 0 Å². The van der Waals surface area contributed by atoms with Crippen molar-refractivity contribution >= 4 is 60.6 Å². The standard InChI is InChI=1S/C14H12Br2N2S/c1-9-7-12(5-6-13(9)16)18-14(19)17-11-4-2-3-10(15)8-11/h2-8H,1H3,(H2,17,18,19). The van der Waals surface area contributed by atoms with E-state index in [0.29, 0.717) is 5.11 Å². The number of aryl methyl sites for hydroxylation is 1. The van der Waals surface area contributed by atoms with Gasteiger partial charge in [0.15, 0.2) is 5.11 Å². The van der Waals surface area contributed by atoms with Crippen molar-refractivity contribution in [2.75, 3.05) is 10.6 Å². The number of nitrogens with one attached hydrogen (secondary N) is 2. The Bertz CT molecular complexity index is 614. The van der Waals surface area contributed by atoms with Gasteiger partial charge in [-0.25, -0.2) is 0 Å². The summed E-state index contributed by atoms with van der Waals surface area (Å²) >= 11 is 12.2. The minimum atomic E-state index is 0.569. The first-order valence-corrected chi connectivity index (χ1v) is 7.64. The van der Waals surface area contributed by atoms with Gasteiger partial charge in [-0.1, -0.05) is 37.9 Å². The molecular formula is C14H12Br2N2S. The third kappa shape index (κ3) is 4.30. The van der Waals surface area contributed by atoms with E-state index in [9.17, 15) is 0 Å². The molecule has 0 atom stereocenters. The lowest BCUT2D eigenvalue weighted by Gasteiger charge is -2.11. The molecule has 0 aliphatic heterocycles. The van der Waals surface area contributed by atoms with Crippen LogP contribution >= 0.6 is 44.1 Å². The monoisotopic (exact) mass is 398 g/mol. The van der Waals surface area contributed by atoms with Crippen LogP contribution in [0.25, 0.3) is 0 Å². The van der Waals surface area contributed by atoms with Crippen molar-refractivity contribution in [1.82, 2.24) is 0 Å². The highest BCUT2D eigenvalue weighted by atomic mass is 79.9. The fourth-order valence-electron chi connectivity index (χ4n) is 1.58. The molecule has 0 radical (unpaired) electrons. The van der Waals surface area contributed by atoms with Crippen LogP contribution in [0.5, 0.6) is 0 Å². The maximum Gasteiger partial charge on any atom is 0.175 e.